The third kappa shape index (κ3) is 3.67. The number of aryl methyl sites for hydroxylation is 2. The van der Waals surface area contributed by atoms with Crippen molar-refractivity contribution in [3.8, 4) is 0 Å². The zero-order valence-corrected chi connectivity index (χ0v) is 15.7. The minimum absolute atomic E-state index is 0.351. The third-order valence-corrected chi connectivity index (χ3v) is 5.18. The van der Waals surface area contributed by atoms with Crippen LogP contribution in [0.4, 0.5) is 5.69 Å². The number of rotatable bonds is 4. The van der Waals surface area contributed by atoms with E-state index in [1.807, 2.05) is 0 Å². The largest absolute Gasteiger partial charge is 0.377 e. The lowest BCUT2D eigenvalue weighted by Gasteiger charge is -2.38. The highest BCUT2D eigenvalue weighted by Crippen LogP contribution is 2.26. The second-order valence-corrected chi connectivity index (χ2v) is 7.34. The lowest BCUT2D eigenvalue weighted by Crippen LogP contribution is -2.49. The van der Waals surface area contributed by atoms with Gasteiger partial charge in [-0.3, -0.25) is 9.89 Å². The lowest BCUT2D eigenvalue weighted by atomic mass is 10.1. The van der Waals surface area contributed by atoms with E-state index in [1.165, 1.54) is 28.8 Å². The summed E-state index contributed by atoms with van der Waals surface area (Å²) in [6.45, 7) is 7.75. The van der Waals surface area contributed by atoms with Crippen molar-refractivity contribution >= 4 is 11.5 Å². The van der Waals surface area contributed by atoms with Gasteiger partial charge in [0.1, 0.15) is 5.84 Å². The number of amidine groups is 1. The quantitative estimate of drug-likeness (QED) is 0.836. The predicted molar refractivity (Wildman–Crippen MR) is 107 cm³/mol. The highest BCUT2D eigenvalue weighted by Gasteiger charge is 2.27. The molecule has 0 aromatic heterocycles. The maximum atomic E-state index is 5.84. The molecule has 2 aliphatic heterocycles. The molecule has 0 N–H and O–H groups in total. The van der Waals surface area contributed by atoms with Gasteiger partial charge in [-0.15, -0.1) is 0 Å². The number of nitrogens with zero attached hydrogens (tertiary/aromatic N) is 3. The van der Waals surface area contributed by atoms with E-state index in [4.69, 9.17) is 9.73 Å². The Labute approximate surface area is 156 Å². The van der Waals surface area contributed by atoms with Crippen molar-refractivity contribution in [2.75, 3.05) is 31.4 Å². The van der Waals surface area contributed by atoms with Gasteiger partial charge in [-0.05, 0) is 38.3 Å². The van der Waals surface area contributed by atoms with E-state index in [-0.39, 0.29) is 0 Å². The second kappa shape index (κ2) is 7.60. The first kappa shape index (κ1) is 17.3. The molecule has 1 saturated heterocycles. The summed E-state index contributed by atoms with van der Waals surface area (Å²) in [4.78, 5) is 9.70. The fraction of sp³-hybridized carbons (Fsp3) is 0.409. The Morgan fingerprint density at radius 1 is 1.12 bits per heavy atom. The number of aliphatic imine (C=N–C) groups is 1. The van der Waals surface area contributed by atoms with Crippen molar-refractivity contribution in [1.29, 1.82) is 0 Å². The SMILES string of the molecule is Cc1ccc(N2CN(C[C@H]3CCCO3)CN=C2c2ccccc2)c(C)c1. The number of hydrogen-bond donors (Lipinski definition) is 0. The van der Waals surface area contributed by atoms with Crippen molar-refractivity contribution in [1.82, 2.24) is 4.90 Å². The molecule has 136 valence electrons. The van der Waals surface area contributed by atoms with Gasteiger partial charge in [-0.25, -0.2) is 0 Å². The fourth-order valence-corrected chi connectivity index (χ4v) is 3.89. The van der Waals surface area contributed by atoms with Crippen LogP contribution in [0, 0.1) is 13.8 Å². The van der Waals surface area contributed by atoms with Crippen molar-refractivity contribution < 1.29 is 4.74 Å². The van der Waals surface area contributed by atoms with E-state index >= 15 is 0 Å². The zero-order chi connectivity index (χ0) is 17.9. The number of hydrogen-bond acceptors (Lipinski definition) is 4. The number of benzene rings is 2. The molecule has 2 aromatic carbocycles. The van der Waals surface area contributed by atoms with E-state index in [2.05, 4.69) is 72.2 Å². The van der Waals surface area contributed by atoms with Gasteiger partial charge in [0.15, 0.2) is 0 Å². The Morgan fingerprint density at radius 2 is 1.96 bits per heavy atom. The Hall–Kier alpha value is -2.17. The summed E-state index contributed by atoms with van der Waals surface area (Å²) in [7, 11) is 0. The molecule has 4 nitrogen and oxygen atoms in total. The van der Waals surface area contributed by atoms with E-state index in [9.17, 15) is 0 Å². The molecule has 2 heterocycles. The molecule has 0 spiro atoms. The average Bonchev–Trinajstić information content (AvgIpc) is 3.15. The average molecular weight is 349 g/mol. The van der Waals surface area contributed by atoms with Gasteiger partial charge < -0.3 is 9.64 Å². The minimum Gasteiger partial charge on any atom is -0.377 e. The van der Waals surface area contributed by atoms with E-state index in [0.717, 1.165) is 38.7 Å². The Bertz CT molecular complexity index is 781. The van der Waals surface area contributed by atoms with Crippen LogP contribution in [0.15, 0.2) is 53.5 Å². The van der Waals surface area contributed by atoms with E-state index in [1.54, 1.807) is 0 Å². The van der Waals surface area contributed by atoms with Crippen LogP contribution in [0.3, 0.4) is 0 Å². The number of anilines is 1. The maximum absolute atomic E-state index is 5.84. The maximum Gasteiger partial charge on any atom is 0.137 e. The topological polar surface area (TPSA) is 28.1 Å². The molecule has 0 unspecified atom stereocenters. The van der Waals surface area contributed by atoms with Crippen molar-refractivity contribution in [2.24, 2.45) is 4.99 Å². The first-order valence-corrected chi connectivity index (χ1v) is 9.49. The Balaban J connectivity index is 1.65. The van der Waals surface area contributed by atoms with Gasteiger partial charge in [0, 0.05) is 24.4 Å². The van der Waals surface area contributed by atoms with E-state index < -0.39 is 0 Å². The van der Waals surface area contributed by atoms with Gasteiger partial charge in [0.05, 0.1) is 19.4 Å². The third-order valence-electron chi connectivity index (χ3n) is 5.18. The van der Waals surface area contributed by atoms with Crippen LogP contribution in [-0.4, -0.2) is 43.3 Å². The minimum atomic E-state index is 0.351. The molecular formula is C22H27N3O. The second-order valence-electron chi connectivity index (χ2n) is 7.34. The van der Waals surface area contributed by atoms with Crippen molar-refractivity contribution in [3.63, 3.8) is 0 Å². The summed E-state index contributed by atoms with van der Waals surface area (Å²) in [6.07, 6.45) is 2.69. The zero-order valence-electron chi connectivity index (χ0n) is 15.7. The Kier molecular flexibility index (Phi) is 5.05. The summed E-state index contributed by atoms with van der Waals surface area (Å²) in [5.74, 6) is 1.06. The van der Waals surface area contributed by atoms with Crippen LogP contribution in [-0.2, 0) is 4.74 Å². The fourth-order valence-electron chi connectivity index (χ4n) is 3.89. The predicted octanol–water partition coefficient (Wildman–Crippen LogP) is 3.97. The number of ether oxygens (including phenoxy) is 1. The molecule has 2 aromatic rings. The molecule has 0 bridgehead atoms. The molecule has 4 rings (SSSR count). The summed E-state index contributed by atoms with van der Waals surface area (Å²) >= 11 is 0. The highest BCUT2D eigenvalue weighted by molar-refractivity contribution is 6.10. The first-order valence-electron chi connectivity index (χ1n) is 9.49. The van der Waals surface area contributed by atoms with Gasteiger partial charge in [0.2, 0.25) is 0 Å². The molecular weight excluding hydrogens is 322 g/mol. The molecule has 26 heavy (non-hydrogen) atoms. The van der Waals surface area contributed by atoms with Crippen molar-refractivity contribution in [2.45, 2.75) is 32.8 Å². The van der Waals surface area contributed by atoms with Crippen molar-refractivity contribution in [3.05, 3.63) is 65.2 Å². The molecule has 0 radical (unpaired) electrons. The molecule has 1 atom stereocenters. The highest BCUT2D eigenvalue weighted by atomic mass is 16.5. The molecule has 1 fully saturated rings. The smallest absolute Gasteiger partial charge is 0.137 e. The molecule has 4 heteroatoms. The van der Waals surface area contributed by atoms with Crippen LogP contribution >= 0.6 is 0 Å². The lowest BCUT2D eigenvalue weighted by molar-refractivity contribution is 0.0739. The van der Waals surface area contributed by atoms with Crippen LogP contribution < -0.4 is 4.90 Å². The van der Waals surface area contributed by atoms with Crippen LogP contribution in [0.1, 0.15) is 29.5 Å². The van der Waals surface area contributed by atoms with Crippen LogP contribution in [0.25, 0.3) is 0 Å². The van der Waals surface area contributed by atoms with Gasteiger partial charge in [-0.1, -0.05) is 48.0 Å². The monoisotopic (exact) mass is 349 g/mol. The summed E-state index contributed by atoms with van der Waals surface area (Å²) in [6, 6.07) is 17.2. The Morgan fingerprint density at radius 3 is 2.69 bits per heavy atom. The van der Waals surface area contributed by atoms with Gasteiger partial charge >= 0.3 is 0 Å². The van der Waals surface area contributed by atoms with E-state index in [0.29, 0.717) is 6.10 Å². The normalized spacial score (nSPS) is 21.1. The van der Waals surface area contributed by atoms with Gasteiger partial charge in [-0.2, -0.15) is 0 Å². The summed E-state index contributed by atoms with van der Waals surface area (Å²) in [5, 5.41) is 0. The summed E-state index contributed by atoms with van der Waals surface area (Å²) in [5.41, 5.74) is 4.98. The molecule has 0 amide bonds. The molecule has 0 saturated carbocycles. The standard InChI is InChI=1S/C22H27N3O/c1-17-10-11-21(18(2)13-17)25-16-24(14-20-9-6-12-26-20)15-23-22(25)19-7-4-3-5-8-19/h3-5,7-8,10-11,13,20H,6,9,12,14-16H2,1-2H3/t20-/m1/s1. The van der Waals surface area contributed by atoms with Crippen LogP contribution in [0.5, 0.6) is 0 Å². The van der Waals surface area contributed by atoms with Gasteiger partial charge in [0.25, 0.3) is 0 Å². The molecule has 2 aliphatic rings. The first-order chi connectivity index (χ1) is 12.7. The molecule has 0 aliphatic carbocycles. The van der Waals surface area contributed by atoms with Crippen LogP contribution in [0.2, 0.25) is 0 Å². The summed E-state index contributed by atoms with van der Waals surface area (Å²) < 4.78 is 5.84.